The molecule has 0 amide bonds. The van der Waals surface area contributed by atoms with Crippen LogP contribution in [0.4, 0.5) is 0 Å². The highest BCUT2D eigenvalue weighted by molar-refractivity contribution is 5.50. The van der Waals surface area contributed by atoms with E-state index in [1.54, 1.807) is 30.4 Å². The van der Waals surface area contributed by atoms with Gasteiger partial charge >= 0.3 is 0 Å². The van der Waals surface area contributed by atoms with Crippen molar-refractivity contribution in [3.05, 3.63) is 58.8 Å². The van der Waals surface area contributed by atoms with Gasteiger partial charge in [0.05, 0.1) is 0 Å². The molecule has 0 unspecified atom stereocenters. The fourth-order valence-corrected chi connectivity index (χ4v) is 0.860. The van der Waals surface area contributed by atoms with E-state index in [2.05, 4.69) is 6.58 Å². The van der Waals surface area contributed by atoms with E-state index in [1.165, 1.54) is 12.1 Å². The molecular formula is C11H10O2. The van der Waals surface area contributed by atoms with E-state index in [-0.39, 0.29) is 11.2 Å². The zero-order chi connectivity index (χ0) is 9.68. The summed E-state index contributed by atoms with van der Waals surface area (Å²) in [6.45, 7) is 3.53. The molecule has 2 nitrogen and oxygen atoms in total. The Morgan fingerprint density at radius 2 is 1.92 bits per heavy atom. The second-order valence-corrected chi connectivity index (χ2v) is 2.51. The van der Waals surface area contributed by atoms with Gasteiger partial charge < -0.3 is 5.11 Å². The minimum Gasteiger partial charge on any atom is -0.504 e. The molecule has 0 saturated carbocycles. The molecule has 0 atom stereocenters. The quantitative estimate of drug-likeness (QED) is 0.696. The number of hydrogen-bond donors (Lipinski definition) is 1. The van der Waals surface area contributed by atoms with Crippen LogP contribution >= 0.6 is 0 Å². The van der Waals surface area contributed by atoms with Crippen LogP contribution in [-0.2, 0) is 0 Å². The SMILES string of the molecule is C=C/C=C/c1ccc(O)c(=O)cc1. The van der Waals surface area contributed by atoms with E-state index in [9.17, 15) is 4.79 Å². The van der Waals surface area contributed by atoms with Crippen LogP contribution in [0.2, 0.25) is 0 Å². The molecule has 0 spiro atoms. The zero-order valence-electron chi connectivity index (χ0n) is 7.10. The lowest BCUT2D eigenvalue weighted by molar-refractivity contribution is 0.471. The monoisotopic (exact) mass is 174 g/mol. The maximum atomic E-state index is 11.0. The Kier molecular flexibility index (Phi) is 3.03. The van der Waals surface area contributed by atoms with E-state index >= 15 is 0 Å². The molecule has 0 aliphatic heterocycles. The van der Waals surface area contributed by atoms with Gasteiger partial charge in [0, 0.05) is 0 Å². The van der Waals surface area contributed by atoms with Crippen molar-refractivity contribution in [3.63, 3.8) is 0 Å². The van der Waals surface area contributed by atoms with Crippen molar-refractivity contribution in [3.8, 4) is 5.75 Å². The molecule has 0 bridgehead atoms. The van der Waals surface area contributed by atoms with Crippen molar-refractivity contribution < 1.29 is 5.11 Å². The van der Waals surface area contributed by atoms with Gasteiger partial charge in [0.15, 0.2) is 5.75 Å². The van der Waals surface area contributed by atoms with Gasteiger partial charge in [-0.25, -0.2) is 0 Å². The highest BCUT2D eigenvalue weighted by Crippen LogP contribution is 2.03. The molecule has 1 aromatic rings. The van der Waals surface area contributed by atoms with Crippen LogP contribution in [0.15, 0.2) is 47.8 Å². The summed E-state index contributed by atoms with van der Waals surface area (Å²) in [4.78, 5) is 11.0. The summed E-state index contributed by atoms with van der Waals surface area (Å²) in [5.74, 6) is -0.238. The van der Waals surface area contributed by atoms with Crippen LogP contribution < -0.4 is 5.43 Å². The smallest absolute Gasteiger partial charge is 0.220 e. The first-order valence-electron chi connectivity index (χ1n) is 3.86. The van der Waals surface area contributed by atoms with Crippen molar-refractivity contribution in [1.82, 2.24) is 0 Å². The first-order valence-corrected chi connectivity index (χ1v) is 3.86. The number of hydrogen-bond acceptors (Lipinski definition) is 2. The molecule has 1 N–H and O–H groups in total. The standard InChI is InChI=1S/C11H10O2/c1-2-3-4-9-5-7-10(12)11(13)8-6-9/h2-8H,1H2,(H,12,13)/b4-3+. The van der Waals surface area contributed by atoms with Crippen LogP contribution in [0.25, 0.3) is 6.08 Å². The van der Waals surface area contributed by atoms with Gasteiger partial charge in [0.1, 0.15) is 0 Å². The molecule has 0 aliphatic rings. The number of allylic oxidation sites excluding steroid dienone is 2. The van der Waals surface area contributed by atoms with Crippen LogP contribution in [0.5, 0.6) is 5.75 Å². The summed E-state index contributed by atoms with van der Waals surface area (Å²) in [6, 6.07) is 6.02. The van der Waals surface area contributed by atoms with Crippen LogP contribution in [0.1, 0.15) is 5.56 Å². The lowest BCUT2D eigenvalue weighted by Gasteiger charge is -1.82. The molecule has 0 heterocycles. The minimum atomic E-state index is -0.377. The van der Waals surface area contributed by atoms with Crippen molar-refractivity contribution in [2.24, 2.45) is 0 Å². The third-order valence-electron chi connectivity index (χ3n) is 1.54. The molecular weight excluding hydrogens is 164 g/mol. The fourth-order valence-electron chi connectivity index (χ4n) is 0.860. The topological polar surface area (TPSA) is 37.3 Å². The first kappa shape index (κ1) is 9.26. The van der Waals surface area contributed by atoms with Gasteiger partial charge in [-0.05, 0) is 17.7 Å². The van der Waals surface area contributed by atoms with Crippen LogP contribution in [0.3, 0.4) is 0 Å². The molecule has 2 heteroatoms. The molecule has 0 aromatic heterocycles. The zero-order valence-corrected chi connectivity index (χ0v) is 7.10. The Bertz CT molecular complexity index is 392. The Hall–Kier alpha value is -1.83. The summed E-state index contributed by atoms with van der Waals surface area (Å²) in [5, 5.41) is 9.07. The predicted octanol–water partition coefficient (Wildman–Crippen LogP) is 1.95. The maximum absolute atomic E-state index is 11.0. The van der Waals surface area contributed by atoms with E-state index in [1.807, 2.05) is 0 Å². The Balaban J connectivity index is 3.16. The highest BCUT2D eigenvalue weighted by atomic mass is 16.3. The van der Waals surface area contributed by atoms with Gasteiger partial charge in [0.25, 0.3) is 0 Å². The number of aromatic hydroxyl groups is 1. The van der Waals surface area contributed by atoms with E-state index in [0.717, 1.165) is 5.56 Å². The molecule has 0 saturated heterocycles. The van der Waals surface area contributed by atoms with E-state index in [0.29, 0.717) is 0 Å². The summed E-state index contributed by atoms with van der Waals surface area (Å²) < 4.78 is 0. The predicted molar refractivity (Wildman–Crippen MR) is 53.6 cm³/mol. The largest absolute Gasteiger partial charge is 0.504 e. The molecule has 66 valence electrons. The summed E-state index contributed by atoms with van der Waals surface area (Å²) >= 11 is 0. The fraction of sp³-hybridized carbons (Fsp3) is 0. The van der Waals surface area contributed by atoms with Crippen LogP contribution in [0, 0.1) is 0 Å². The van der Waals surface area contributed by atoms with E-state index in [4.69, 9.17) is 5.11 Å². The summed E-state index contributed by atoms with van der Waals surface area (Å²) in [7, 11) is 0. The lowest BCUT2D eigenvalue weighted by Crippen LogP contribution is -1.91. The van der Waals surface area contributed by atoms with Gasteiger partial charge in [-0.2, -0.15) is 0 Å². The third-order valence-corrected chi connectivity index (χ3v) is 1.54. The normalized spacial score (nSPS) is 10.2. The summed E-state index contributed by atoms with van der Waals surface area (Å²) in [5.41, 5.74) is 0.468. The molecule has 0 radical (unpaired) electrons. The molecule has 0 fully saturated rings. The molecule has 1 rings (SSSR count). The van der Waals surface area contributed by atoms with Gasteiger partial charge in [-0.1, -0.05) is 36.9 Å². The van der Waals surface area contributed by atoms with Gasteiger partial charge in [-0.15, -0.1) is 0 Å². The summed E-state index contributed by atoms with van der Waals surface area (Å²) in [6.07, 6.45) is 5.20. The maximum Gasteiger partial charge on any atom is 0.220 e. The Labute approximate surface area is 76.5 Å². The van der Waals surface area contributed by atoms with Gasteiger partial charge in [0.2, 0.25) is 5.43 Å². The van der Waals surface area contributed by atoms with Crippen molar-refractivity contribution in [2.45, 2.75) is 0 Å². The molecule has 13 heavy (non-hydrogen) atoms. The second kappa shape index (κ2) is 4.26. The highest BCUT2D eigenvalue weighted by Gasteiger charge is 1.90. The molecule has 0 aliphatic carbocycles. The average molecular weight is 174 g/mol. The Morgan fingerprint density at radius 3 is 2.62 bits per heavy atom. The number of rotatable bonds is 2. The Morgan fingerprint density at radius 1 is 1.23 bits per heavy atom. The average Bonchev–Trinajstić information content (AvgIpc) is 2.29. The third kappa shape index (κ3) is 2.60. The minimum absolute atomic E-state index is 0.238. The second-order valence-electron chi connectivity index (χ2n) is 2.51. The van der Waals surface area contributed by atoms with Gasteiger partial charge in [-0.3, -0.25) is 4.79 Å². The van der Waals surface area contributed by atoms with Crippen molar-refractivity contribution in [2.75, 3.05) is 0 Å². The molecule has 1 aromatic carbocycles. The first-order chi connectivity index (χ1) is 6.24. The lowest BCUT2D eigenvalue weighted by atomic mass is 10.2. The van der Waals surface area contributed by atoms with Crippen molar-refractivity contribution >= 4 is 6.08 Å². The van der Waals surface area contributed by atoms with E-state index < -0.39 is 0 Å². The van der Waals surface area contributed by atoms with Crippen molar-refractivity contribution in [1.29, 1.82) is 0 Å². The van der Waals surface area contributed by atoms with Crippen LogP contribution in [-0.4, -0.2) is 5.11 Å².